The maximum Gasteiger partial charge on any atom is 0.191 e. The van der Waals surface area contributed by atoms with Crippen LogP contribution in [0.1, 0.15) is 25.8 Å². The lowest BCUT2D eigenvalue weighted by atomic mass is 10.2. The van der Waals surface area contributed by atoms with E-state index in [4.69, 9.17) is 4.74 Å². The van der Waals surface area contributed by atoms with Crippen molar-refractivity contribution < 1.29 is 4.74 Å². The molecule has 2 rings (SSSR count). The number of rotatable bonds is 9. The van der Waals surface area contributed by atoms with E-state index in [1.165, 1.54) is 0 Å². The minimum atomic E-state index is 0. The number of aliphatic imine (C=N–C) groups is 1. The van der Waals surface area contributed by atoms with Crippen LogP contribution in [-0.2, 0) is 6.54 Å². The highest BCUT2D eigenvalue weighted by atomic mass is 127. The number of hydrogen-bond donors (Lipinski definition) is 2. The molecule has 0 radical (unpaired) electrons. The van der Waals surface area contributed by atoms with E-state index in [0.29, 0.717) is 6.54 Å². The SMILES string of the molecule is CCNC(=NCC(C)Oc1ccccc1C)NCCCn1ccnc1.I. The number of para-hydroxylation sites is 1. The van der Waals surface area contributed by atoms with E-state index in [-0.39, 0.29) is 30.1 Å². The number of benzene rings is 1. The van der Waals surface area contributed by atoms with Crippen LogP contribution in [0.25, 0.3) is 0 Å². The largest absolute Gasteiger partial charge is 0.489 e. The Labute approximate surface area is 173 Å². The van der Waals surface area contributed by atoms with Crippen molar-refractivity contribution in [2.45, 2.75) is 39.8 Å². The van der Waals surface area contributed by atoms with Crippen molar-refractivity contribution >= 4 is 29.9 Å². The van der Waals surface area contributed by atoms with E-state index in [0.717, 1.165) is 43.3 Å². The molecule has 0 aliphatic rings. The summed E-state index contributed by atoms with van der Waals surface area (Å²) in [5.74, 6) is 1.75. The summed E-state index contributed by atoms with van der Waals surface area (Å²) in [5, 5.41) is 6.63. The van der Waals surface area contributed by atoms with Crippen LogP contribution < -0.4 is 15.4 Å². The first kappa shape index (κ1) is 22.3. The molecular weight excluding hydrogens is 441 g/mol. The molecule has 0 aliphatic carbocycles. The topological polar surface area (TPSA) is 63.5 Å². The zero-order valence-corrected chi connectivity index (χ0v) is 18.1. The number of imidazole rings is 1. The van der Waals surface area contributed by atoms with Crippen molar-refractivity contribution in [3.05, 3.63) is 48.5 Å². The molecule has 0 bridgehead atoms. The maximum atomic E-state index is 5.98. The Balaban J connectivity index is 0.00000338. The Morgan fingerprint density at radius 2 is 2.12 bits per heavy atom. The minimum absolute atomic E-state index is 0. The number of nitrogens with one attached hydrogen (secondary N) is 2. The fourth-order valence-electron chi connectivity index (χ4n) is 2.39. The van der Waals surface area contributed by atoms with Gasteiger partial charge in [-0.2, -0.15) is 0 Å². The van der Waals surface area contributed by atoms with Gasteiger partial charge in [0.05, 0.1) is 12.9 Å². The number of guanidine groups is 1. The highest BCUT2D eigenvalue weighted by molar-refractivity contribution is 14.0. The summed E-state index contributed by atoms with van der Waals surface area (Å²) >= 11 is 0. The molecule has 2 aromatic rings. The molecule has 6 nitrogen and oxygen atoms in total. The van der Waals surface area contributed by atoms with E-state index in [1.807, 2.05) is 37.6 Å². The second kappa shape index (κ2) is 12.6. The summed E-state index contributed by atoms with van der Waals surface area (Å²) in [5.41, 5.74) is 1.14. The van der Waals surface area contributed by atoms with Crippen LogP contribution in [0.2, 0.25) is 0 Å². The third-order valence-corrected chi connectivity index (χ3v) is 3.72. The van der Waals surface area contributed by atoms with Gasteiger partial charge >= 0.3 is 0 Å². The summed E-state index contributed by atoms with van der Waals surface area (Å²) in [7, 11) is 0. The van der Waals surface area contributed by atoms with Crippen LogP contribution in [0.5, 0.6) is 5.75 Å². The Morgan fingerprint density at radius 1 is 1.31 bits per heavy atom. The van der Waals surface area contributed by atoms with Crippen molar-refractivity contribution in [3.63, 3.8) is 0 Å². The molecule has 0 fully saturated rings. The summed E-state index contributed by atoms with van der Waals surface area (Å²) < 4.78 is 8.05. The molecule has 0 amide bonds. The van der Waals surface area contributed by atoms with E-state index in [2.05, 4.69) is 45.1 Å². The molecule has 1 atom stereocenters. The van der Waals surface area contributed by atoms with Gasteiger partial charge in [-0.1, -0.05) is 18.2 Å². The average Bonchev–Trinajstić information content (AvgIpc) is 3.12. The fraction of sp³-hybridized carbons (Fsp3) is 0.474. The molecule has 1 unspecified atom stereocenters. The normalized spacial score (nSPS) is 12.2. The quantitative estimate of drug-likeness (QED) is 0.255. The minimum Gasteiger partial charge on any atom is -0.489 e. The third kappa shape index (κ3) is 8.07. The number of halogens is 1. The molecule has 2 N–H and O–H groups in total. The number of aryl methyl sites for hydroxylation is 2. The van der Waals surface area contributed by atoms with Crippen LogP contribution in [0.4, 0.5) is 0 Å². The molecule has 1 aromatic carbocycles. The van der Waals surface area contributed by atoms with E-state index in [1.54, 1.807) is 6.20 Å². The van der Waals surface area contributed by atoms with E-state index < -0.39 is 0 Å². The van der Waals surface area contributed by atoms with Gasteiger partial charge in [0.15, 0.2) is 5.96 Å². The van der Waals surface area contributed by atoms with Gasteiger partial charge in [-0.05, 0) is 38.8 Å². The van der Waals surface area contributed by atoms with Gasteiger partial charge in [-0.15, -0.1) is 24.0 Å². The van der Waals surface area contributed by atoms with E-state index in [9.17, 15) is 0 Å². The number of aromatic nitrogens is 2. The van der Waals surface area contributed by atoms with Crippen molar-refractivity contribution in [3.8, 4) is 5.75 Å². The van der Waals surface area contributed by atoms with Crippen LogP contribution in [0.3, 0.4) is 0 Å². The second-order valence-corrected chi connectivity index (χ2v) is 5.99. The molecule has 1 aromatic heterocycles. The van der Waals surface area contributed by atoms with Gasteiger partial charge in [0.2, 0.25) is 0 Å². The van der Waals surface area contributed by atoms with Crippen molar-refractivity contribution in [2.24, 2.45) is 4.99 Å². The molecule has 0 saturated heterocycles. The fourth-order valence-corrected chi connectivity index (χ4v) is 2.39. The molecule has 1 heterocycles. The number of hydrogen-bond acceptors (Lipinski definition) is 3. The zero-order valence-electron chi connectivity index (χ0n) is 15.8. The summed E-state index contributed by atoms with van der Waals surface area (Å²) in [4.78, 5) is 8.67. The van der Waals surface area contributed by atoms with Crippen LogP contribution in [0, 0.1) is 6.92 Å². The predicted molar refractivity (Wildman–Crippen MR) is 118 cm³/mol. The van der Waals surface area contributed by atoms with Crippen molar-refractivity contribution in [2.75, 3.05) is 19.6 Å². The molecule has 0 aliphatic heterocycles. The predicted octanol–water partition coefficient (Wildman–Crippen LogP) is 3.22. The molecule has 0 saturated carbocycles. The molecule has 26 heavy (non-hydrogen) atoms. The smallest absolute Gasteiger partial charge is 0.191 e. The Kier molecular flexibility index (Phi) is 10.8. The zero-order chi connectivity index (χ0) is 17.9. The average molecular weight is 471 g/mol. The van der Waals surface area contributed by atoms with Gasteiger partial charge in [0, 0.05) is 32.0 Å². The monoisotopic (exact) mass is 471 g/mol. The second-order valence-electron chi connectivity index (χ2n) is 5.99. The molecule has 144 valence electrons. The van der Waals surface area contributed by atoms with Crippen LogP contribution >= 0.6 is 24.0 Å². The first-order valence-corrected chi connectivity index (χ1v) is 8.89. The molecular formula is C19H30IN5O. The number of ether oxygens (including phenoxy) is 1. The van der Waals surface area contributed by atoms with Gasteiger partial charge in [0.1, 0.15) is 11.9 Å². The van der Waals surface area contributed by atoms with Gasteiger partial charge in [-0.25, -0.2) is 9.98 Å². The standard InChI is InChI=1S/C19H29N5O.HI/c1-4-21-19(22-10-7-12-24-13-11-20-15-24)23-14-17(3)25-18-9-6-5-8-16(18)2;/h5-6,8-9,11,13,15,17H,4,7,10,12,14H2,1-3H3,(H2,21,22,23);1H. The lowest BCUT2D eigenvalue weighted by Gasteiger charge is -2.16. The first-order chi connectivity index (χ1) is 12.2. The Morgan fingerprint density at radius 3 is 2.81 bits per heavy atom. The highest BCUT2D eigenvalue weighted by Crippen LogP contribution is 2.17. The lowest BCUT2D eigenvalue weighted by Crippen LogP contribution is -2.38. The van der Waals surface area contributed by atoms with Gasteiger partial charge in [0.25, 0.3) is 0 Å². The third-order valence-electron chi connectivity index (χ3n) is 3.72. The first-order valence-electron chi connectivity index (χ1n) is 8.89. The molecule has 7 heteroatoms. The Hall–Kier alpha value is -1.77. The van der Waals surface area contributed by atoms with Crippen LogP contribution in [-0.4, -0.2) is 41.2 Å². The summed E-state index contributed by atoms with van der Waals surface area (Å²) in [6.07, 6.45) is 6.64. The number of nitrogens with zero attached hydrogens (tertiary/aromatic N) is 3. The van der Waals surface area contributed by atoms with Crippen molar-refractivity contribution in [1.82, 2.24) is 20.2 Å². The van der Waals surface area contributed by atoms with E-state index >= 15 is 0 Å². The summed E-state index contributed by atoms with van der Waals surface area (Å²) in [6, 6.07) is 8.05. The summed E-state index contributed by atoms with van der Waals surface area (Å²) in [6.45, 7) is 9.40. The van der Waals surface area contributed by atoms with Crippen molar-refractivity contribution in [1.29, 1.82) is 0 Å². The lowest BCUT2D eigenvalue weighted by molar-refractivity contribution is 0.228. The highest BCUT2D eigenvalue weighted by Gasteiger charge is 2.06. The van der Waals surface area contributed by atoms with Gasteiger partial charge < -0.3 is 19.9 Å². The Bertz CT molecular complexity index is 645. The van der Waals surface area contributed by atoms with Crippen LogP contribution in [0.15, 0.2) is 48.0 Å². The maximum absolute atomic E-state index is 5.98. The van der Waals surface area contributed by atoms with Gasteiger partial charge in [-0.3, -0.25) is 0 Å². The molecule has 0 spiro atoms.